The average Bonchev–Trinajstić information content (AvgIpc) is 2.25. The van der Waals surface area contributed by atoms with Gasteiger partial charge in [0.15, 0.2) is 11.2 Å². The molecule has 0 aromatic heterocycles. The van der Waals surface area contributed by atoms with E-state index in [0.717, 1.165) is 0 Å². The highest BCUT2D eigenvalue weighted by atomic mass is 32.2. The molecule has 0 radical (unpaired) electrons. The molecule has 0 unspecified atom stereocenters. The second-order valence-corrected chi connectivity index (χ2v) is 4.65. The first-order valence-electron chi connectivity index (χ1n) is 4.42. The molecule has 0 saturated carbocycles. The molecular weight excluding hydrogens is 290 g/mol. The molecule has 0 fully saturated rings. The summed E-state index contributed by atoms with van der Waals surface area (Å²) in [5, 5.41) is 15.5. The lowest BCUT2D eigenvalue weighted by molar-refractivity contribution is -0.388. The standard InChI is InChI=1S/C8H6F2N2O6S/c9-8(10)18-5-1-2-6(19(11,16)17)7(12(14)15)4(5)3-13/h1-3,8H,(H2,11,16,17). The zero-order valence-electron chi connectivity index (χ0n) is 8.95. The number of nitrogens with zero attached hydrogens (tertiary/aromatic N) is 1. The third-order valence-electron chi connectivity index (χ3n) is 1.96. The predicted octanol–water partition coefficient (Wildman–Crippen LogP) is 0.656. The highest BCUT2D eigenvalue weighted by Crippen LogP contribution is 2.33. The number of hydrogen-bond donors (Lipinski definition) is 1. The number of nitro groups is 1. The van der Waals surface area contributed by atoms with Gasteiger partial charge in [0.25, 0.3) is 0 Å². The van der Waals surface area contributed by atoms with Crippen molar-refractivity contribution in [2.45, 2.75) is 11.5 Å². The van der Waals surface area contributed by atoms with Crippen molar-refractivity contribution in [1.29, 1.82) is 0 Å². The van der Waals surface area contributed by atoms with E-state index in [1.54, 1.807) is 0 Å². The van der Waals surface area contributed by atoms with Crippen LogP contribution in [0.4, 0.5) is 14.5 Å². The molecule has 1 rings (SSSR count). The summed E-state index contributed by atoms with van der Waals surface area (Å²) in [5.41, 5.74) is -2.15. The fourth-order valence-electron chi connectivity index (χ4n) is 1.30. The highest BCUT2D eigenvalue weighted by molar-refractivity contribution is 7.89. The predicted molar refractivity (Wildman–Crippen MR) is 56.5 cm³/mol. The van der Waals surface area contributed by atoms with E-state index in [2.05, 4.69) is 4.74 Å². The first kappa shape index (κ1) is 14.9. The number of carbonyl (C=O) groups is 1. The SMILES string of the molecule is NS(=O)(=O)c1ccc(OC(F)F)c(C=O)c1[N+](=O)[O-]. The Hall–Kier alpha value is -2.14. The monoisotopic (exact) mass is 296 g/mol. The Morgan fingerprint density at radius 2 is 2.00 bits per heavy atom. The van der Waals surface area contributed by atoms with Crippen LogP contribution in [0, 0.1) is 10.1 Å². The molecule has 0 atom stereocenters. The van der Waals surface area contributed by atoms with Gasteiger partial charge in [-0.3, -0.25) is 14.9 Å². The van der Waals surface area contributed by atoms with Gasteiger partial charge in [-0.15, -0.1) is 0 Å². The summed E-state index contributed by atoms with van der Waals surface area (Å²) in [6.07, 6.45) is -0.162. The number of nitrogens with two attached hydrogens (primary N) is 1. The Morgan fingerprint density at radius 1 is 1.42 bits per heavy atom. The van der Waals surface area contributed by atoms with E-state index < -0.39 is 43.5 Å². The number of nitro benzene ring substituents is 1. The smallest absolute Gasteiger partial charge is 0.387 e. The number of rotatable bonds is 5. The number of sulfonamides is 1. The molecule has 0 saturated heterocycles. The number of carbonyl (C=O) groups excluding carboxylic acids is 1. The van der Waals surface area contributed by atoms with Crippen LogP contribution < -0.4 is 9.88 Å². The van der Waals surface area contributed by atoms with Crippen molar-refractivity contribution in [3.05, 3.63) is 27.8 Å². The molecule has 19 heavy (non-hydrogen) atoms. The van der Waals surface area contributed by atoms with Crippen molar-refractivity contribution in [2.24, 2.45) is 5.14 Å². The maximum atomic E-state index is 12.1. The molecule has 0 bridgehead atoms. The largest absolute Gasteiger partial charge is 0.434 e. The third kappa shape index (κ3) is 3.20. The van der Waals surface area contributed by atoms with E-state index in [4.69, 9.17) is 5.14 Å². The zero-order chi connectivity index (χ0) is 14.8. The first-order valence-corrected chi connectivity index (χ1v) is 5.97. The van der Waals surface area contributed by atoms with Crippen molar-refractivity contribution in [3.63, 3.8) is 0 Å². The van der Waals surface area contributed by atoms with Gasteiger partial charge in [-0.25, -0.2) is 13.6 Å². The minimum atomic E-state index is -4.50. The Kier molecular flexibility index (Phi) is 4.11. The molecule has 8 nitrogen and oxygen atoms in total. The summed E-state index contributed by atoms with van der Waals surface area (Å²) in [6.45, 7) is -3.33. The lowest BCUT2D eigenvalue weighted by atomic mass is 10.2. The number of hydrogen-bond acceptors (Lipinski definition) is 6. The summed E-state index contributed by atoms with van der Waals surface area (Å²) >= 11 is 0. The first-order chi connectivity index (χ1) is 8.68. The van der Waals surface area contributed by atoms with Crippen molar-refractivity contribution in [1.82, 2.24) is 0 Å². The van der Waals surface area contributed by atoms with Crippen LogP contribution in [0.1, 0.15) is 10.4 Å². The van der Waals surface area contributed by atoms with Gasteiger partial charge in [-0.05, 0) is 12.1 Å². The van der Waals surface area contributed by atoms with Crippen molar-refractivity contribution in [2.75, 3.05) is 0 Å². The number of alkyl halides is 2. The van der Waals surface area contributed by atoms with Crippen LogP contribution in [0.5, 0.6) is 5.75 Å². The number of halogens is 2. The quantitative estimate of drug-likeness (QED) is 0.482. The summed E-state index contributed by atoms with van der Waals surface area (Å²) in [4.78, 5) is 19.3. The van der Waals surface area contributed by atoms with Gasteiger partial charge < -0.3 is 4.74 Å². The highest BCUT2D eigenvalue weighted by Gasteiger charge is 2.30. The molecule has 0 aliphatic heterocycles. The molecule has 1 aromatic carbocycles. The van der Waals surface area contributed by atoms with Crippen molar-refractivity contribution in [3.8, 4) is 5.75 Å². The molecule has 2 N–H and O–H groups in total. The van der Waals surface area contributed by atoms with Crippen LogP contribution in [-0.4, -0.2) is 26.2 Å². The molecule has 104 valence electrons. The Morgan fingerprint density at radius 3 is 2.37 bits per heavy atom. The fourth-order valence-corrected chi connectivity index (χ4v) is 2.01. The van der Waals surface area contributed by atoms with E-state index in [0.29, 0.717) is 12.1 Å². The normalized spacial score (nSPS) is 11.4. The summed E-state index contributed by atoms with van der Waals surface area (Å²) in [5.74, 6) is -0.816. The number of aldehydes is 1. The third-order valence-corrected chi connectivity index (χ3v) is 2.91. The maximum Gasteiger partial charge on any atom is 0.387 e. The van der Waals surface area contributed by atoms with E-state index in [1.165, 1.54) is 0 Å². The minimum absolute atomic E-state index is 0.162. The molecule has 0 amide bonds. The van der Waals surface area contributed by atoms with Gasteiger partial charge in [0.05, 0.1) is 4.92 Å². The Labute approximate surface area is 105 Å². The number of ether oxygens (including phenoxy) is 1. The summed E-state index contributed by atoms with van der Waals surface area (Å²) in [6, 6.07) is 1.29. The minimum Gasteiger partial charge on any atom is -0.434 e. The van der Waals surface area contributed by atoms with Crippen LogP contribution in [0.3, 0.4) is 0 Å². The number of benzene rings is 1. The van der Waals surface area contributed by atoms with Crippen LogP contribution in [0.15, 0.2) is 17.0 Å². The van der Waals surface area contributed by atoms with Gasteiger partial charge in [-0.2, -0.15) is 8.78 Å². The molecule has 0 aliphatic rings. The van der Waals surface area contributed by atoms with Crippen LogP contribution >= 0.6 is 0 Å². The Bertz CT molecular complexity index is 630. The molecular formula is C8H6F2N2O6S. The molecule has 0 spiro atoms. The molecule has 11 heteroatoms. The van der Waals surface area contributed by atoms with Crippen molar-refractivity contribution >= 4 is 22.0 Å². The Balaban J connectivity index is 3.66. The van der Waals surface area contributed by atoms with Gasteiger partial charge in [0.1, 0.15) is 11.3 Å². The summed E-state index contributed by atoms with van der Waals surface area (Å²) < 4.78 is 50.3. The topological polar surface area (TPSA) is 130 Å². The van der Waals surface area contributed by atoms with Crippen molar-refractivity contribution < 1.29 is 31.7 Å². The maximum absolute atomic E-state index is 12.1. The molecule has 1 aromatic rings. The second-order valence-electron chi connectivity index (χ2n) is 3.12. The average molecular weight is 296 g/mol. The van der Waals surface area contributed by atoms with Gasteiger partial charge in [0.2, 0.25) is 10.0 Å². The lowest BCUT2D eigenvalue weighted by Crippen LogP contribution is -2.16. The van der Waals surface area contributed by atoms with Gasteiger partial charge in [0, 0.05) is 0 Å². The zero-order valence-corrected chi connectivity index (χ0v) is 9.76. The van der Waals surface area contributed by atoms with E-state index in [9.17, 15) is 32.1 Å². The van der Waals surface area contributed by atoms with Gasteiger partial charge >= 0.3 is 12.3 Å². The fraction of sp³-hybridized carbons (Fsp3) is 0.125. The van der Waals surface area contributed by atoms with E-state index in [-0.39, 0.29) is 6.29 Å². The van der Waals surface area contributed by atoms with Crippen LogP contribution in [-0.2, 0) is 10.0 Å². The lowest BCUT2D eigenvalue weighted by Gasteiger charge is -2.09. The molecule has 0 heterocycles. The number of primary sulfonamides is 1. The van der Waals surface area contributed by atoms with Crippen LogP contribution in [0.25, 0.3) is 0 Å². The van der Waals surface area contributed by atoms with E-state index >= 15 is 0 Å². The van der Waals surface area contributed by atoms with Crippen LogP contribution in [0.2, 0.25) is 0 Å². The van der Waals surface area contributed by atoms with Gasteiger partial charge in [-0.1, -0.05) is 0 Å². The summed E-state index contributed by atoms with van der Waals surface area (Å²) in [7, 11) is -4.50. The second kappa shape index (κ2) is 5.24. The molecule has 0 aliphatic carbocycles. The van der Waals surface area contributed by atoms with E-state index in [1.807, 2.05) is 0 Å².